The third kappa shape index (κ3) is 3.31. The molecule has 1 atom stereocenters. The first-order valence-electron chi connectivity index (χ1n) is 9.01. The normalized spacial score (nSPS) is 16.6. The van der Waals surface area contributed by atoms with E-state index in [9.17, 15) is 14.7 Å². The Morgan fingerprint density at radius 1 is 1.21 bits per heavy atom. The fraction of sp³-hybridized carbons (Fsp3) is 0.182. The van der Waals surface area contributed by atoms with Gasteiger partial charge in [0.25, 0.3) is 5.91 Å². The summed E-state index contributed by atoms with van der Waals surface area (Å²) < 4.78 is 16.1. The summed E-state index contributed by atoms with van der Waals surface area (Å²) in [6, 6.07) is 12.8. The predicted molar refractivity (Wildman–Crippen MR) is 102 cm³/mol. The maximum atomic E-state index is 13.2. The van der Waals surface area contributed by atoms with Gasteiger partial charge in [0.1, 0.15) is 17.3 Å². The Morgan fingerprint density at radius 3 is 2.69 bits per heavy atom. The van der Waals surface area contributed by atoms with Crippen LogP contribution in [-0.4, -0.2) is 28.8 Å². The molecule has 29 heavy (non-hydrogen) atoms. The zero-order valence-electron chi connectivity index (χ0n) is 15.9. The van der Waals surface area contributed by atoms with Crippen molar-refractivity contribution in [2.45, 2.75) is 19.5 Å². The number of hydrogen-bond acceptors (Lipinski definition) is 6. The smallest absolute Gasteiger partial charge is 0.290 e. The number of methoxy groups -OCH3 is 1. The third-order valence-corrected chi connectivity index (χ3v) is 4.83. The fourth-order valence-corrected chi connectivity index (χ4v) is 3.47. The molecule has 0 aliphatic carbocycles. The molecule has 0 spiro atoms. The van der Waals surface area contributed by atoms with Crippen LogP contribution in [0.15, 0.2) is 75.0 Å². The standard InChI is InChI=1S/C22H19NO6/c1-13-8-9-17(29-13)20(24)18-19(14-5-3-6-15(11-14)27-2)23(22(26)21(18)25)12-16-7-4-10-28-16/h3-11,19,25H,12H2,1-2H3/t19-/m1/s1. The Bertz CT molecular complexity index is 1090. The maximum Gasteiger partial charge on any atom is 0.290 e. The SMILES string of the molecule is COc1cccc([C@@H]2C(C(=O)c3ccc(C)o3)=C(O)C(=O)N2Cc2ccco2)c1. The van der Waals surface area contributed by atoms with Crippen LogP contribution in [0.5, 0.6) is 5.75 Å². The highest BCUT2D eigenvalue weighted by Gasteiger charge is 2.44. The quantitative estimate of drug-likeness (QED) is 0.637. The van der Waals surface area contributed by atoms with E-state index < -0.39 is 23.5 Å². The van der Waals surface area contributed by atoms with Crippen LogP contribution in [0.2, 0.25) is 0 Å². The zero-order chi connectivity index (χ0) is 20.5. The van der Waals surface area contributed by atoms with Crippen LogP contribution in [-0.2, 0) is 11.3 Å². The van der Waals surface area contributed by atoms with Crippen molar-refractivity contribution in [1.82, 2.24) is 4.90 Å². The van der Waals surface area contributed by atoms with Gasteiger partial charge in [-0.1, -0.05) is 12.1 Å². The summed E-state index contributed by atoms with van der Waals surface area (Å²) in [4.78, 5) is 27.4. The molecule has 1 aliphatic rings. The van der Waals surface area contributed by atoms with E-state index in [0.717, 1.165) is 0 Å². The minimum absolute atomic E-state index is 0.0378. The van der Waals surface area contributed by atoms with E-state index in [1.165, 1.54) is 24.3 Å². The number of carbonyl (C=O) groups is 2. The molecule has 0 saturated heterocycles. The molecule has 0 unspecified atom stereocenters. The van der Waals surface area contributed by atoms with Gasteiger partial charge in [0.05, 0.1) is 31.5 Å². The van der Waals surface area contributed by atoms with E-state index in [-0.39, 0.29) is 17.9 Å². The number of benzene rings is 1. The second-order valence-corrected chi connectivity index (χ2v) is 6.69. The molecule has 3 aromatic rings. The number of furan rings is 2. The molecule has 7 nitrogen and oxygen atoms in total. The van der Waals surface area contributed by atoms with Crippen molar-refractivity contribution >= 4 is 11.7 Å². The number of aliphatic hydroxyl groups excluding tert-OH is 1. The van der Waals surface area contributed by atoms with Crippen LogP contribution >= 0.6 is 0 Å². The van der Waals surface area contributed by atoms with Crippen LogP contribution in [0.25, 0.3) is 0 Å². The Kier molecular flexibility index (Phi) is 4.72. The van der Waals surface area contributed by atoms with Gasteiger partial charge in [-0.3, -0.25) is 9.59 Å². The number of carbonyl (C=O) groups excluding carboxylic acids is 2. The zero-order valence-corrected chi connectivity index (χ0v) is 15.9. The average Bonchev–Trinajstić information content (AvgIpc) is 3.45. The van der Waals surface area contributed by atoms with Crippen molar-refractivity contribution in [2.75, 3.05) is 7.11 Å². The van der Waals surface area contributed by atoms with Crippen LogP contribution < -0.4 is 4.74 Å². The number of nitrogens with zero attached hydrogens (tertiary/aromatic N) is 1. The second-order valence-electron chi connectivity index (χ2n) is 6.69. The van der Waals surface area contributed by atoms with Crippen molar-refractivity contribution in [3.63, 3.8) is 0 Å². The van der Waals surface area contributed by atoms with Crippen LogP contribution in [0.4, 0.5) is 0 Å². The topological polar surface area (TPSA) is 93.1 Å². The lowest BCUT2D eigenvalue weighted by Crippen LogP contribution is -2.30. The van der Waals surface area contributed by atoms with Gasteiger partial charge in [-0.15, -0.1) is 0 Å². The highest BCUT2D eigenvalue weighted by molar-refractivity contribution is 6.15. The number of aryl methyl sites for hydroxylation is 1. The van der Waals surface area contributed by atoms with Crippen molar-refractivity contribution in [3.8, 4) is 5.75 Å². The van der Waals surface area contributed by atoms with Crippen LogP contribution in [0.3, 0.4) is 0 Å². The Morgan fingerprint density at radius 2 is 2.03 bits per heavy atom. The Balaban J connectivity index is 1.81. The summed E-state index contributed by atoms with van der Waals surface area (Å²) in [7, 11) is 1.53. The van der Waals surface area contributed by atoms with Gasteiger partial charge in [-0.05, 0) is 48.9 Å². The lowest BCUT2D eigenvalue weighted by Gasteiger charge is -2.26. The van der Waals surface area contributed by atoms with Crippen molar-refractivity contribution < 1.29 is 28.3 Å². The molecular weight excluding hydrogens is 374 g/mol. The van der Waals surface area contributed by atoms with Gasteiger partial charge < -0.3 is 23.6 Å². The van der Waals surface area contributed by atoms with E-state index in [4.69, 9.17) is 13.6 Å². The Hall–Kier alpha value is -3.74. The predicted octanol–water partition coefficient (Wildman–Crippen LogP) is 3.97. The van der Waals surface area contributed by atoms with E-state index in [0.29, 0.717) is 22.8 Å². The molecule has 2 aromatic heterocycles. The minimum Gasteiger partial charge on any atom is -0.503 e. The number of aliphatic hydroxyl groups is 1. The first-order valence-corrected chi connectivity index (χ1v) is 9.01. The minimum atomic E-state index is -0.819. The van der Waals surface area contributed by atoms with E-state index in [2.05, 4.69) is 0 Å². The summed E-state index contributed by atoms with van der Waals surface area (Å²) in [5.74, 6) is -0.0720. The molecule has 1 amide bonds. The molecule has 1 N–H and O–H groups in total. The van der Waals surface area contributed by atoms with E-state index in [1.54, 1.807) is 49.4 Å². The molecule has 0 saturated carbocycles. The number of ether oxygens (including phenoxy) is 1. The second kappa shape index (κ2) is 7.35. The molecule has 3 heterocycles. The number of amides is 1. The van der Waals surface area contributed by atoms with Gasteiger partial charge in [-0.25, -0.2) is 0 Å². The molecular formula is C22H19NO6. The fourth-order valence-electron chi connectivity index (χ4n) is 3.47. The first-order chi connectivity index (χ1) is 14.0. The lowest BCUT2D eigenvalue weighted by atomic mass is 9.95. The van der Waals surface area contributed by atoms with E-state index in [1.807, 2.05) is 0 Å². The van der Waals surface area contributed by atoms with Crippen molar-refractivity contribution in [1.29, 1.82) is 0 Å². The molecule has 4 rings (SSSR count). The molecule has 7 heteroatoms. The first kappa shape index (κ1) is 18.6. The summed E-state index contributed by atoms with van der Waals surface area (Å²) >= 11 is 0. The van der Waals surface area contributed by atoms with Gasteiger partial charge in [-0.2, -0.15) is 0 Å². The van der Waals surface area contributed by atoms with Crippen LogP contribution in [0.1, 0.15) is 33.7 Å². The highest BCUT2D eigenvalue weighted by Crippen LogP contribution is 2.40. The van der Waals surface area contributed by atoms with Gasteiger partial charge in [0.15, 0.2) is 11.5 Å². The number of ketones is 1. The van der Waals surface area contributed by atoms with Gasteiger partial charge in [0.2, 0.25) is 5.78 Å². The van der Waals surface area contributed by atoms with Crippen molar-refractivity contribution in [3.05, 3.63) is 89.0 Å². The van der Waals surface area contributed by atoms with Crippen LogP contribution in [0, 0.1) is 6.92 Å². The summed E-state index contributed by atoms with van der Waals surface area (Å²) in [6.45, 7) is 1.80. The molecule has 0 fully saturated rings. The maximum absolute atomic E-state index is 13.2. The monoisotopic (exact) mass is 393 g/mol. The number of hydrogen-bond donors (Lipinski definition) is 1. The summed E-state index contributed by atoms with van der Waals surface area (Å²) in [5.41, 5.74) is 0.587. The average molecular weight is 393 g/mol. The molecule has 148 valence electrons. The van der Waals surface area contributed by atoms with Crippen molar-refractivity contribution in [2.24, 2.45) is 0 Å². The molecule has 1 aromatic carbocycles. The number of Topliss-reactive ketones (excluding diaryl/α,β-unsaturated/α-hetero) is 1. The van der Waals surface area contributed by atoms with Gasteiger partial charge in [0, 0.05) is 0 Å². The summed E-state index contributed by atoms with van der Waals surface area (Å²) in [6.07, 6.45) is 1.50. The molecule has 0 radical (unpaired) electrons. The molecule has 1 aliphatic heterocycles. The van der Waals surface area contributed by atoms with Gasteiger partial charge >= 0.3 is 0 Å². The molecule has 0 bridgehead atoms. The number of rotatable bonds is 6. The largest absolute Gasteiger partial charge is 0.503 e. The highest BCUT2D eigenvalue weighted by atomic mass is 16.5. The summed E-state index contributed by atoms with van der Waals surface area (Å²) in [5, 5.41) is 10.6. The van der Waals surface area contributed by atoms with E-state index >= 15 is 0 Å². The Labute approximate surface area is 166 Å². The lowest BCUT2D eigenvalue weighted by molar-refractivity contribution is -0.130. The third-order valence-electron chi connectivity index (χ3n) is 4.83.